The Labute approximate surface area is 87.3 Å². The van der Waals surface area contributed by atoms with Crippen LogP contribution in [-0.2, 0) is 10.0 Å². The molecule has 3 nitrogen and oxygen atoms in total. The Morgan fingerprint density at radius 3 is 2.43 bits per heavy atom. The first-order chi connectivity index (χ1) is 6.40. The van der Waals surface area contributed by atoms with Crippen molar-refractivity contribution in [1.29, 1.82) is 0 Å². The van der Waals surface area contributed by atoms with Gasteiger partial charge in [0.05, 0.1) is 5.25 Å². The third-order valence-electron chi connectivity index (χ3n) is 3.32. The predicted molar refractivity (Wildman–Crippen MR) is 58.6 cm³/mol. The molecule has 0 aromatic heterocycles. The van der Waals surface area contributed by atoms with E-state index in [1.807, 2.05) is 0 Å². The van der Waals surface area contributed by atoms with Crippen LogP contribution in [0.2, 0.25) is 0 Å². The van der Waals surface area contributed by atoms with Crippen LogP contribution in [-0.4, -0.2) is 20.7 Å². The summed E-state index contributed by atoms with van der Waals surface area (Å²) in [4.78, 5) is 0. The molecule has 1 atom stereocenters. The molecule has 84 valence electrons. The molecule has 1 aliphatic carbocycles. The predicted octanol–water partition coefficient (Wildman–Crippen LogP) is 1.89. The van der Waals surface area contributed by atoms with E-state index in [4.69, 9.17) is 0 Å². The van der Waals surface area contributed by atoms with Gasteiger partial charge in [0.25, 0.3) is 0 Å². The van der Waals surface area contributed by atoms with Gasteiger partial charge in [0, 0.05) is 0 Å². The monoisotopic (exact) mass is 219 g/mol. The highest BCUT2D eigenvalue weighted by Gasteiger charge is 2.39. The molecule has 1 rings (SSSR count). The molecule has 0 aromatic rings. The third kappa shape index (κ3) is 2.48. The lowest BCUT2D eigenvalue weighted by Crippen LogP contribution is -2.41. The van der Waals surface area contributed by atoms with E-state index in [1.54, 1.807) is 0 Å². The molecule has 0 heterocycles. The SMILES string of the molecule is CNS(=O)(=O)C1CCCCCC1(C)C. The molecule has 1 fully saturated rings. The van der Waals surface area contributed by atoms with Crippen LogP contribution in [0.4, 0.5) is 0 Å². The van der Waals surface area contributed by atoms with Crippen molar-refractivity contribution in [3.63, 3.8) is 0 Å². The largest absolute Gasteiger partial charge is 0.218 e. The fourth-order valence-electron chi connectivity index (χ4n) is 2.36. The maximum Gasteiger partial charge on any atom is 0.214 e. The molecule has 4 heteroatoms. The van der Waals surface area contributed by atoms with Gasteiger partial charge in [-0.1, -0.05) is 33.1 Å². The van der Waals surface area contributed by atoms with Gasteiger partial charge in [-0.25, -0.2) is 13.1 Å². The average Bonchev–Trinajstić information content (AvgIpc) is 2.26. The van der Waals surface area contributed by atoms with Crippen LogP contribution >= 0.6 is 0 Å². The fourth-order valence-corrected chi connectivity index (χ4v) is 4.08. The van der Waals surface area contributed by atoms with Crippen molar-refractivity contribution in [1.82, 2.24) is 4.72 Å². The van der Waals surface area contributed by atoms with Crippen molar-refractivity contribution >= 4 is 10.0 Å². The summed E-state index contributed by atoms with van der Waals surface area (Å²) in [7, 11) is -1.59. The number of rotatable bonds is 2. The van der Waals surface area contributed by atoms with Crippen LogP contribution in [0, 0.1) is 5.41 Å². The molecule has 0 aliphatic heterocycles. The van der Waals surface area contributed by atoms with Gasteiger partial charge in [0.15, 0.2) is 0 Å². The summed E-state index contributed by atoms with van der Waals surface area (Å²) < 4.78 is 26.1. The maximum absolute atomic E-state index is 11.8. The van der Waals surface area contributed by atoms with E-state index in [9.17, 15) is 8.42 Å². The zero-order valence-corrected chi connectivity index (χ0v) is 10.2. The Morgan fingerprint density at radius 1 is 1.21 bits per heavy atom. The smallest absolute Gasteiger partial charge is 0.214 e. The van der Waals surface area contributed by atoms with Crippen molar-refractivity contribution in [3.05, 3.63) is 0 Å². The Morgan fingerprint density at radius 2 is 1.86 bits per heavy atom. The van der Waals surface area contributed by atoms with Crippen molar-refractivity contribution in [3.8, 4) is 0 Å². The van der Waals surface area contributed by atoms with Gasteiger partial charge in [-0.15, -0.1) is 0 Å². The highest BCUT2D eigenvalue weighted by molar-refractivity contribution is 7.90. The Balaban J connectivity index is 2.93. The summed E-state index contributed by atoms with van der Waals surface area (Å²) >= 11 is 0. The molecular formula is C10H21NO2S. The second-order valence-corrected chi connectivity index (χ2v) is 6.89. The zero-order valence-electron chi connectivity index (χ0n) is 9.34. The molecule has 0 spiro atoms. The Hall–Kier alpha value is -0.0900. The van der Waals surface area contributed by atoms with Crippen molar-refractivity contribution in [2.24, 2.45) is 5.41 Å². The van der Waals surface area contributed by atoms with Gasteiger partial charge in [-0.3, -0.25) is 0 Å². The highest BCUT2D eigenvalue weighted by atomic mass is 32.2. The number of hydrogen-bond donors (Lipinski definition) is 1. The second-order valence-electron chi connectivity index (χ2n) is 4.83. The van der Waals surface area contributed by atoms with E-state index in [2.05, 4.69) is 18.6 Å². The summed E-state index contributed by atoms with van der Waals surface area (Å²) in [6.07, 6.45) is 5.17. The maximum atomic E-state index is 11.8. The molecule has 0 radical (unpaired) electrons. The summed E-state index contributed by atoms with van der Waals surface area (Å²) in [5.41, 5.74) is -0.0850. The standard InChI is InChI=1S/C10H21NO2S/c1-10(2)8-6-4-5-7-9(10)14(12,13)11-3/h9,11H,4-8H2,1-3H3. The Bertz CT molecular complexity index is 282. The molecule has 14 heavy (non-hydrogen) atoms. The van der Waals surface area contributed by atoms with Crippen LogP contribution < -0.4 is 4.72 Å². The van der Waals surface area contributed by atoms with Crippen molar-refractivity contribution in [2.75, 3.05) is 7.05 Å². The first-order valence-corrected chi connectivity index (χ1v) is 6.87. The van der Waals surface area contributed by atoms with E-state index in [-0.39, 0.29) is 10.7 Å². The Kier molecular flexibility index (Phi) is 3.58. The van der Waals surface area contributed by atoms with Crippen LogP contribution in [0.15, 0.2) is 0 Å². The normalized spacial score (nSPS) is 28.4. The molecule has 1 aliphatic rings. The van der Waals surface area contributed by atoms with Crippen LogP contribution in [0.25, 0.3) is 0 Å². The quantitative estimate of drug-likeness (QED) is 0.721. The van der Waals surface area contributed by atoms with Crippen LogP contribution in [0.1, 0.15) is 46.0 Å². The van der Waals surface area contributed by atoms with Gasteiger partial charge in [-0.05, 0) is 25.3 Å². The van der Waals surface area contributed by atoms with Gasteiger partial charge in [0.2, 0.25) is 10.0 Å². The van der Waals surface area contributed by atoms with Crippen LogP contribution in [0.5, 0.6) is 0 Å². The summed E-state index contributed by atoms with van der Waals surface area (Å²) in [5, 5.41) is -0.220. The highest BCUT2D eigenvalue weighted by Crippen LogP contribution is 2.37. The van der Waals surface area contributed by atoms with E-state index >= 15 is 0 Å². The first kappa shape index (κ1) is 12.0. The zero-order chi connectivity index (χ0) is 10.8. The molecule has 0 saturated heterocycles. The second kappa shape index (κ2) is 4.19. The van der Waals surface area contributed by atoms with E-state index in [0.29, 0.717) is 0 Å². The summed E-state index contributed by atoms with van der Waals surface area (Å²) in [6, 6.07) is 0. The lowest BCUT2D eigenvalue weighted by Gasteiger charge is -2.31. The lowest BCUT2D eigenvalue weighted by molar-refractivity contribution is 0.313. The number of nitrogens with one attached hydrogen (secondary N) is 1. The number of sulfonamides is 1. The fraction of sp³-hybridized carbons (Fsp3) is 1.00. The van der Waals surface area contributed by atoms with Gasteiger partial charge < -0.3 is 0 Å². The van der Waals surface area contributed by atoms with Crippen LogP contribution in [0.3, 0.4) is 0 Å². The van der Waals surface area contributed by atoms with E-state index in [0.717, 1.165) is 25.7 Å². The van der Waals surface area contributed by atoms with E-state index in [1.165, 1.54) is 13.5 Å². The van der Waals surface area contributed by atoms with E-state index < -0.39 is 10.0 Å². The topological polar surface area (TPSA) is 46.2 Å². The van der Waals surface area contributed by atoms with Gasteiger partial charge >= 0.3 is 0 Å². The molecular weight excluding hydrogens is 198 g/mol. The molecule has 0 amide bonds. The summed E-state index contributed by atoms with van der Waals surface area (Å²) in [6.45, 7) is 4.13. The minimum atomic E-state index is -3.10. The molecule has 1 unspecified atom stereocenters. The minimum absolute atomic E-state index is 0.0850. The first-order valence-electron chi connectivity index (χ1n) is 5.32. The van der Waals surface area contributed by atoms with Gasteiger partial charge in [0.1, 0.15) is 0 Å². The van der Waals surface area contributed by atoms with Gasteiger partial charge in [-0.2, -0.15) is 0 Å². The average molecular weight is 219 g/mol. The molecule has 0 aromatic carbocycles. The third-order valence-corrected chi connectivity index (χ3v) is 5.51. The molecule has 1 N–H and O–H groups in total. The minimum Gasteiger partial charge on any atom is -0.218 e. The lowest BCUT2D eigenvalue weighted by atomic mass is 9.84. The molecule has 1 saturated carbocycles. The molecule has 0 bridgehead atoms. The number of hydrogen-bond acceptors (Lipinski definition) is 2. The van der Waals surface area contributed by atoms with Crippen molar-refractivity contribution in [2.45, 2.75) is 51.2 Å². The summed E-state index contributed by atoms with van der Waals surface area (Å²) in [5.74, 6) is 0. The van der Waals surface area contributed by atoms with Crippen molar-refractivity contribution < 1.29 is 8.42 Å².